The molecule has 0 aliphatic carbocycles. The van der Waals surface area contributed by atoms with E-state index in [-0.39, 0.29) is 11.9 Å². The fourth-order valence-electron chi connectivity index (χ4n) is 3.08. The van der Waals surface area contributed by atoms with E-state index in [1.54, 1.807) is 29.7 Å². The van der Waals surface area contributed by atoms with Crippen molar-refractivity contribution < 1.29 is 9.13 Å². The molecule has 0 saturated carbocycles. The van der Waals surface area contributed by atoms with E-state index in [1.165, 1.54) is 6.07 Å². The molecule has 1 aliphatic heterocycles. The van der Waals surface area contributed by atoms with Crippen LogP contribution in [-0.4, -0.2) is 34.6 Å². The molecule has 0 radical (unpaired) electrons. The van der Waals surface area contributed by atoms with Crippen LogP contribution in [-0.2, 0) is 11.3 Å². The molecule has 1 fully saturated rings. The van der Waals surface area contributed by atoms with Crippen molar-refractivity contribution in [2.45, 2.75) is 19.6 Å². The van der Waals surface area contributed by atoms with Gasteiger partial charge in [-0.1, -0.05) is 6.07 Å². The third-order valence-corrected chi connectivity index (χ3v) is 5.31. The van der Waals surface area contributed by atoms with E-state index in [2.05, 4.69) is 20.2 Å². The first-order valence-electron chi connectivity index (χ1n) is 7.99. The molecule has 24 heavy (non-hydrogen) atoms. The Labute approximate surface area is 143 Å². The number of aromatic nitrogens is 2. The van der Waals surface area contributed by atoms with E-state index in [4.69, 9.17) is 4.74 Å². The van der Waals surface area contributed by atoms with Crippen LogP contribution in [0, 0.1) is 12.7 Å². The highest BCUT2D eigenvalue weighted by atomic mass is 32.1. The zero-order valence-electron chi connectivity index (χ0n) is 13.4. The van der Waals surface area contributed by atoms with Gasteiger partial charge in [-0.25, -0.2) is 9.37 Å². The van der Waals surface area contributed by atoms with Gasteiger partial charge in [0.05, 0.1) is 12.1 Å². The van der Waals surface area contributed by atoms with Crippen molar-refractivity contribution in [2.75, 3.05) is 19.7 Å². The van der Waals surface area contributed by atoms with Crippen LogP contribution < -0.4 is 0 Å². The molecule has 3 heterocycles. The van der Waals surface area contributed by atoms with Crippen molar-refractivity contribution in [1.82, 2.24) is 14.9 Å². The molecule has 1 aromatic carbocycles. The molecule has 1 unspecified atom stereocenters. The second kappa shape index (κ2) is 6.55. The van der Waals surface area contributed by atoms with Crippen molar-refractivity contribution in [2.24, 2.45) is 0 Å². The molecule has 4 rings (SSSR count). The van der Waals surface area contributed by atoms with E-state index in [0.29, 0.717) is 12.0 Å². The molecule has 124 valence electrons. The van der Waals surface area contributed by atoms with Gasteiger partial charge in [0.15, 0.2) is 0 Å². The number of rotatable bonds is 3. The highest BCUT2D eigenvalue weighted by Gasteiger charge is 2.24. The number of hydrogen-bond acceptors (Lipinski definition) is 5. The second-order valence-corrected chi connectivity index (χ2v) is 6.92. The molecule has 0 N–H and O–H groups in total. The topological polar surface area (TPSA) is 38.2 Å². The lowest BCUT2D eigenvalue weighted by atomic mass is 10.1. The van der Waals surface area contributed by atoms with Crippen LogP contribution in [0.5, 0.6) is 0 Å². The molecule has 2 aromatic heterocycles. The highest BCUT2D eigenvalue weighted by Crippen LogP contribution is 2.27. The van der Waals surface area contributed by atoms with Crippen LogP contribution in [0.1, 0.15) is 22.4 Å². The third-order valence-electron chi connectivity index (χ3n) is 4.26. The zero-order valence-corrected chi connectivity index (χ0v) is 14.2. The first-order chi connectivity index (χ1) is 11.7. The maximum atomic E-state index is 13.9. The Balaban J connectivity index is 1.56. The van der Waals surface area contributed by atoms with Gasteiger partial charge in [0.25, 0.3) is 0 Å². The quantitative estimate of drug-likeness (QED) is 0.727. The first kappa shape index (κ1) is 15.6. The number of aryl methyl sites for hydroxylation is 1. The first-order valence-corrected chi connectivity index (χ1v) is 8.87. The number of morpholine rings is 1. The van der Waals surface area contributed by atoms with Crippen LogP contribution >= 0.6 is 11.3 Å². The molecule has 0 amide bonds. The second-order valence-electron chi connectivity index (χ2n) is 6.03. The van der Waals surface area contributed by atoms with Gasteiger partial charge in [0.2, 0.25) is 0 Å². The summed E-state index contributed by atoms with van der Waals surface area (Å²) in [5, 5.41) is 3.66. The summed E-state index contributed by atoms with van der Waals surface area (Å²) >= 11 is 1.64. The summed E-state index contributed by atoms with van der Waals surface area (Å²) in [5.74, 6) is -0.222. The molecular formula is C18H18FN3OS. The van der Waals surface area contributed by atoms with Crippen LogP contribution in [0.2, 0.25) is 0 Å². The average Bonchev–Trinajstić information content (AvgIpc) is 3.05. The SMILES string of the molecule is Cc1csc(C2CN(Cc3ccc(F)c4cccnc34)CCO2)n1. The summed E-state index contributed by atoms with van der Waals surface area (Å²) in [6.07, 6.45) is 1.73. The van der Waals surface area contributed by atoms with Gasteiger partial charge in [0.1, 0.15) is 16.9 Å². The number of thiazole rings is 1. The molecular weight excluding hydrogens is 325 g/mol. The molecule has 4 nitrogen and oxygen atoms in total. The third kappa shape index (κ3) is 3.05. The maximum absolute atomic E-state index is 13.9. The van der Waals surface area contributed by atoms with Crippen molar-refractivity contribution in [3.63, 3.8) is 0 Å². The summed E-state index contributed by atoms with van der Waals surface area (Å²) in [4.78, 5) is 11.2. The highest BCUT2D eigenvalue weighted by molar-refractivity contribution is 7.09. The summed E-state index contributed by atoms with van der Waals surface area (Å²) in [5.41, 5.74) is 2.82. The number of ether oxygens (including phenoxy) is 1. The van der Waals surface area contributed by atoms with Crippen LogP contribution in [0.25, 0.3) is 10.9 Å². The largest absolute Gasteiger partial charge is 0.368 e. The Morgan fingerprint density at radius 2 is 2.29 bits per heavy atom. The van der Waals surface area contributed by atoms with Gasteiger partial charge >= 0.3 is 0 Å². The van der Waals surface area contributed by atoms with Gasteiger partial charge in [-0.15, -0.1) is 11.3 Å². The number of fused-ring (bicyclic) bond motifs is 1. The summed E-state index contributed by atoms with van der Waals surface area (Å²) in [6.45, 7) is 5.05. The Morgan fingerprint density at radius 3 is 3.12 bits per heavy atom. The van der Waals surface area contributed by atoms with Crippen molar-refractivity contribution in [3.05, 3.63) is 57.9 Å². The van der Waals surface area contributed by atoms with E-state index in [9.17, 15) is 4.39 Å². The molecule has 1 aliphatic rings. The van der Waals surface area contributed by atoms with Crippen molar-refractivity contribution in [3.8, 4) is 0 Å². The number of nitrogens with zero attached hydrogens (tertiary/aromatic N) is 3. The Bertz CT molecular complexity index is 866. The molecule has 0 bridgehead atoms. The minimum absolute atomic E-state index is 0.0112. The average molecular weight is 343 g/mol. The lowest BCUT2D eigenvalue weighted by Gasteiger charge is -2.32. The van der Waals surface area contributed by atoms with Crippen LogP contribution in [0.4, 0.5) is 4.39 Å². The Kier molecular flexibility index (Phi) is 4.26. The Morgan fingerprint density at radius 1 is 1.38 bits per heavy atom. The number of hydrogen-bond donors (Lipinski definition) is 0. The number of pyridine rings is 1. The monoisotopic (exact) mass is 343 g/mol. The molecule has 0 spiro atoms. The van der Waals surface area contributed by atoms with Gasteiger partial charge in [-0.2, -0.15) is 0 Å². The van der Waals surface area contributed by atoms with E-state index < -0.39 is 0 Å². The predicted molar refractivity (Wildman–Crippen MR) is 92.5 cm³/mol. The maximum Gasteiger partial charge on any atom is 0.132 e. The van der Waals surface area contributed by atoms with Gasteiger partial charge in [-0.3, -0.25) is 9.88 Å². The summed E-state index contributed by atoms with van der Waals surface area (Å²) in [6, 6.07) is 6.91. The van der Waals surface area contributed by atoms with Crippen molar-refractivity contribution in [1.29, 1.82) is 0 Å². The molecule has 1 saturated heterocycles. The van der Waals surface area contributed by atoms with Gasteiger partial charge < -0.3 is 4.74 Å². The summed E-state index contributed by atoms with van der Waals surface area (Å²) < 4.78 is 19.8. The van der Waals surface area contributed by atoms with Gasteiger partial charge in [0, 0.05) is 42.3 Å². The molecule has 3 aromatic rings. The predicted octanol–water partition coefficient (Wildman–Crippen LogP) is 3.71. The normalized spacial score (nSPS) is 19.0. The van der Waals surface area contributed by atoms with Crippen LogP contribution in [0.15, 0.2) is 35.8 Å². The summed E-state index contributed by atoms with van der Waals surface area (Å²) in [7, 11) is 0. The van der Waals surface area contributed by atoms with E-state index in [1.807, 2.05) is 13.0 Å². The minimum atomic E-state index is -0.222. The van der Waals surface area contributed by atoms with Crippen LogP contribution in [0.3, 0.4) is 0 Å². The number of halogens is 1. The van der Waals surface area contributed by atoms with E-state index in [0.717, 1.165) is 41.4 Å². The molecule has 1 atom stereocenters. The standard InChI is InChI=1S/C18H18FN3OS/c1-12-11-24-18(21-12)16-10-22(7-8-23-16)9-13-4-5-15(19)14-3-2-6-20-17(13)14/h2-6,11,16H,7-10H2,1H3. The fourth-order valence-corrected chi connectivity index (χ4v) is 3.92. The minimum Gasteiger partial charge on any atom is -0.368 e. The molecule has 6 heteroatoms. The fraction of sp³-hybridized carbons (Fsp3) is 0.333. The Hall–Kier alpha value is -1.89. The van der Waals surface area contributed by atoms with Gasteiger partial charge in [-0.05, 0) is 30.7 Å². The van der Waals surface area contributed by atoms with Crippen molar-refractivity contribution >= 4 is 22.2 Å². The zero-order chi connectivity index (χ0) is 16.5. The van der Waals surface area contributed by atoms with E-state index >= 15 is 0 Å². The lowest BCUT2D eigenvalue weighted by molar-refractivity contribution is -0.0329. The smallest absolute Gasteiger partial charge is 0.132 e. The lowest BCUT2D eigenvalue weighted by Crippen LogP contribution is -2.37. The number of benzene rings is 1.